The first-order valence-electron chi connectivity index (χ1n) is 9.05. The van der Waals surface area contributed by atoms with Crippen molar-refractivity contribution in [1.82, 2.24) is 20.4 Å². The van der Waals surface area contributed by atoms with Crippen LogP contribution in [0, 0.1) is 5.92 Å². The van der Waals surface area contributed by atoms with Crippen LogP contribution in [0.5, 0.6) is 0 Å². The summed E-state index contributed by atoms with van der Waals surface area (Å²) in [5.74, 6) is 1.75. The van der Waals surface area contributed by atoms with Crippen LogP contribution in [0.2, 0.25) is 0 Å². The van der Waals surface area contributed by atoms with E-state index in [1.165, 1.54) is 52.0 Å². The van der Waals surface area contributed by atoms with E-state index < -0.39 is 0 Å². The van der Waals surface area contributed by atoms with E-state index in [1.807, 2.05) is 7.05 Å². The summed E-state index contributed by atoms with van der Waals surface area (Å²) in [6.45, 7) is 15.9. The molecule has 2 N–H and O–H groups in total. The molecule has 5 nitrogen and oxygen atoms in total. The molecule has 0 aromatic rings. The van der Waals surface area contributed by atoms with Crippen LogP contribution in [-0.4, -0.2) is 75.2 Å². The fraction of sp³-hybridized carbons (Fsp3) is 0.941. The lowest BCUT2D eigenvalue weighted by Gasteiger charge is -2.34. The molecular weight excluding hydrogens is 274 g/mol. The van der Waals surface area contributed by atoms with Crippen LogP contribution >= 0.6 is 0 Å². The first kappa shape index (κ1) is 19.2. The maximum absolute atomic E-state index is 4.30. The summed E-state index contributed by atoms with van der Waals surface area (Å²) < 4.78 is 0. The zero-order valence-electron chi connectivity index (χ0n) is 15.2. The minimum absolute atomic E-state index is 0.811. The van der Waals surface area contributed by atoms with Gasteiger partial charge in [-0.15, -0.1) is 0 Å². The van der Waals surface area contributed by atoms with Crippen LogP contribution < -0.4 is 10.6 Å². The number of unbranched alkanes of at least 4 members (excludes halogenated alkanes) is 1. The Hall–Kier alpha value is -0.810. The van der Waals surface area contributed by atoms with Crippen molar-refractivity contribution in [3.05, 3.63) is 0 Å². The second-order valence-corrected chi connectivity index (χ2v) is 6.59. The molecular formula is C17H37N5. The van der Waals surface area contributed by atoms with Crippen LogP contribution in [0.4, 0.5) is 0 Å². The fourth-order valence-corrected chi connectivity index (χ4v) is 2.77. The Morgan fingerprint density at radius 1 is 1.00 bits per heavy atom. The monoisotopic (exact) mass is 311 g/mol. The summed E-state index contributed by atoms with van der Waals surface area (Å²) in [4.78, 5) is 9.35. The molecule has 1 fully saturated rings. The van der Waals surface area contributed by atoms with Crippen LogP contribution in [-0.2, 0) is 0 Å². The van der Waals surface area contributed by atoms with Gasteiger partial charge < -0.3 is 15.5 Å². The number of hydrogen-bond acceptors (Lipinski definition) is 3. The van der Waals surface area contributed by atoms with E-state index in [2.05, 4.69) is 46.2 Å². The molecule has 0 radical (unpaired) electrons. The van der Waals surface area contributed by atoms with Gasteiger partial charge >= 0.3 is 0 Å². The van der Waals surface area contributed by atoms with Gasteiger partial charge in [-0.05, 0) is 18.9 Å². The Kier molecular flexibility index (Phi) is 10.2. The van der Waals surface area contributed by atoms with Crippen molar-refractivity contribution >= 4 is 5.96 Å². The molecule has 0 unspecified atom stereocenters. The van der Waals surface area contributed by atoms with Crippen molar-refractivity contribution in [2.75, 3.05) is 59.4 Å². The lowest BCUT2D eigenvalue weighted by Crippen LogP contribution is -2.49. The Morgan fingerprint density at radius 2 is 1.64 bits per heavy atom. The highest BCUT2D eigenvalue weighted by atomic mass is 15.3. The van der Waals surface area contributed by atoms with Crippen molar-refractivity contribution in [3.63, 3.8) is 0 Å². The number of guanidine groups is 1. The quantitative estimate of drug-likeness (QED) is 0.386. The maximum atomic E-state index is 4.30. The van der Waals surface area contributed by atoms with Gasteiger partial charge in [0.25, 0.3) is 0 Å². The summed E-state index contributed by atoms with van der Waals surface area (Å²) in [6, 6.07) is 0. The molecule has 0 spiro atoms. The molecule has 0 aromatic carbocycles. The molecule has 130 valence electrons. The highest BCUT2D eigenvalue weighted by Gasteiger charge is 2.14. The molecule has 1 aliphatic rings. The SMILES string of the molecule is CCN1CCN(CCNC(=NC)NCCCCC(C)C)CC1. The van der Waals surface area contributed by atoms with Crippen LogP contribution in [0.1, 0.15) is 40.0 Å². The number of rotatable bonds is 9. The van der Waals surface area contributed by atoms with E-state index in [0.717, 1.165) is 31.5 Å². The maximum Gasteiger partial charge on any atom is 0.191 e. The molecule has 0 atom stereocenters. The number of aliphatic imine (C=N–C) groups is 1. The van der Waals surface area contributed by atoms with E-state index in [4.69, 9.17) is 0 Å². The predicted molar refractivity (Wildman–Crippen MR) is 96.6 cm³/mol. The second kappa shape index (κ2) is 11.7. The molecule has 0 aliphatic carbocycles. The molecule has 0 saturated carbocycles. The Labute approximate surface area is 137 Å². The van der Waals surface area contributed by atoms with Gasteiger partial charge in [0.1, 0.15) is 0 Å². The fourth-order valence-electron chi connectivity index (χ4n) is 2.77. The van der Waals surface area contributed by atoms with Gasteiger partial charge in [-0.3, -0.25) is 9.89 Å². The summed E-state index contributed by atoms with van der Waals surface area (Å²) >= 11 is 0. The number of hydrogen-bond donors (Lipinski definition) is 2. The van der Waals surface area contributed by atoms with E-state index in [-0.39, 0.29) is 0 Å². The normalized spacial score (nSPS) is 18.0. The molecule has 1 heterocycles. The smallest absolute Gasteiger partial charge is 0.191 e. The van der Waals surface area contributed by atoms with E-state index in [9.17, 15) is 0 Å². The van der Waals surface area contributed by atoms with Crippen molar-refractivity contribution in [2.45, 2.75) is 40.0 Å². The van der Waals surface area contributed by atoms with Crippen molar-refractivity contribution < 1.29 is 0 Å². The topological polar surface area (TPSA) is 42.9 Å². The van der Waals surface area contributed by atoms with Crippen molar-refractivity contribution in [3.8, 4) is 0 Å². The Morgan fingerprint density at radius 3 is 2.23 bits per heavy atom. The Bertz CT molecular complexity index is 295. The van der Waals surface area contributed by atoms with Gasteiger partial charge in [-0.1, -0.05) is 33.6 Å². The third-order valence-electron chi connectivity index (χ3n) is 4.36. The number of nitrogens with zero attached hydrogens (tertiary/aromatic N) is 3. The minimum Gasteiger partial charge on any atom is -0.356 e. The average molecular weight is 312 g/mol. The largest absolute Gasteiger partial charge is 0.356 e. The van der Waals surface area contributed by atoms with Crippen LogP contribution in [0.25, 0.3) is 0 Å². The molecule has 1 aliphatic heterocycles. The second-order valence-electron chi connectivity index (χ2n) is 6.59. The predicted octanol–water partition coefficient (Wildman–Crippen LogP) is 1.62. The number of nitrogens with one attached hydrogen (secondary N) is 2. The van der Waals surface area contributed by atoms with Gasteiger partial charge in [-0.2, -0.15) is 0 Å². The van der Waals surface area contributed by atoms with Gasteiger partial charge in [0, 0.05) is 52.9 Å². The molecule has 1 rings (SSSR count). The molecule has 0 bridgehead atoms. The van der Waals surface area contributed by atoms with E-state index in [1.54, 1.807) is 0 Å². The molecule has 5 heteroatoms. The van der Waals surface area contributed by atoms with E-state index >= 15 is 0 Å². The third kappa shape index (κ3) is 8.59. The van der Waals surface area contributed by atoms with Crippen LogP contribution in [0.3, 0.4) is 0 Å². The summed E-state index contributed by atoms with van der Waals surface area (Å²) in [6.07, 6.45) is 3.83. The van der Waals surface area contributed by atoms with Gasteiger partial charge in [0.05, 0.1) is 0 Å². The lowest BCUT2D eigenvalue weighted by molar-refractivity contribution is 0.139. The van der Waals surface area contributed by atoms with Crippen molar-refractivity contribution in [1.29, 1.82) is 0 Å². The third-order valence-corrected chi connectivity index (χ3v) is 4.36. The van der Waals surface area contributed by atoms with Gasteiger partial charge in [0.2, 0.25) is 0 Å². The van der Waals surface area contributed by atoms with Crippen molar-refractivity contribution in [2.24, 2.45) is 10.9 Å². The molecule has 22 heavy (non-hydrogen) atoms. The summed E-state index contributed by atoms with van der Waals surface area (Å²) in [5, 5.41) is 6.83. The first-order valence-corrected chi connectivity index (χ1v) is 9.05. The zero-order chi connectivity index (χ0) is 16.2. The highest BCUT2D eigenvalue weighted by Crippen LogP contribution is 2.05. The standard InChI is InChI=1S/C17H37N5/c1-5-21-12-14-22(15-13-21)11-10-20-17(18-4)19-9-7-6-8-16(2)3/h16H,5-15H2,1-4H3,(H2,18,19,20). The van der Waals surface area contributed by atoms with Gasteiger partial charge in [-0.25, -0.2) is 0 Å². The molecule has 1 saturated heterocycles. The van der Waals surface area contributed by atoms with E-state index in [0.29, 0.717) is 0 Å². The minimum atomic E-state index is 0.811. The highest BCUT2D eigenvalue weighted by molar-refractivity contribution is 5.79. The summed E-state index contributed by atoms with van der Waals surface area (Å²) in [5.41, 5.74) is 0. The average Bonchev–Trinajstić information content (AvgIpc) is 2.53. The van der Waals surface area contributed by atoms with Gasteiger partial charge in [0.15, 0.2) is 5.96 Å². The number of likely N-dealkylation sites (N-methyl/N-ethyl adjacent to an activating group) is 1. The molecule has 0 aromatic heterocycles. The zero-order valence-corrected chi connectivity index (χ0v) is 15.2. The summed E-state index contributed by atoms with van der Waals surface area (Å²) in [7, 11) is 1.85. The Balaban J connectivity index is 2.04. The van der Waals surface area contributed by atoms with Crippen LogP contribution in [0.15, 0.2) is 4.99 Å². The molecule has 0 amide bonds. The lowest BCUT2D eigenvalue weighted by atomic mass is 10.1. The number of piperazine rings is 1. The first-order chi connectivity index (χ1) is 10.7.